The van der Waals surface area contributed by atoms with Gasteiger partial charge in [-0.15, -0.1) is 0 Å². The summed E-state index contributed by atoms with van der Waals surface area (Å²) in [6, 6.07) is 2.82. The van der Waals surface area contributed by atoms with Crippen LogP contribution in [0.3, 0.4) is 0 Å². The van der Waals surface area contributed by atoms with E-state index >= 15 is 0 Å². The highest BCUT2D eigenvalue weighted by molar-refractivity contribution is 7.45. The van der Waals surface area contributed by atoms with Crippen molar-refractivity contribution in [2.75, 3.05) is 19.8 Å². The molecule has 134 valence electrons. The third kappa shape index (κ3) is 64.0. The molecule has 13 nitrogen and oxygen atoms in total. The summed E-state index contributed by atoms with van der Waals surface area (Å²) in [4.78, 5) is 21.6. The van der Waals surface area contributed by atoms with Crippen molar-refractivity contribution in [3.8, 4) is 18.2 Å². The molecule has 12 N–H and O–H groups in total. The van der Waals surface area contributed by atoms with Crippen LogP contribution in [0.1, 0.15) is 0 Å². The largest absolute Gasteiger partial charge is 0.466 e. The van der Waals surface area contributed by atoms with Gasteiger partial charge in [0.25, 0.3) is 0 Å². The van der Waals surface area contributed by atoms with Crippen molar-refractivity contribution >= 4 is 7.82 Å². The molecule has 0 aliphatic rings. The Morgan fingerprint density at radius 1 is 0.739 bits per heavy atom. The van der Waals surface area contributed by atoms with Gasteiger partial charge in [-0.25, -0.2) is 4.57 Å². The number of phosphoric acid groups is 1. The quantitative estimate of drug-likeness (QED) is 0.216. The van der Waals surface area contributed by atoms with Gasteiger partial charge in [0.2, 0.25) is 0 Å². The lowest BCUT2D eigenvalue weighted by molar-refractivity contribution is 0.275. The molecular weight excluding hydrogens is 335 g/mol. The SMILES string of the molecule is N#CC(N)CO.N#CC(N)CO.N#CC(N)CO.O=P(O)(O)O. The third-order valence-electron chi connectivity index (χ3n) is 1.09. The van der Waals surface area contributed by atoms with E-state index in [0.717, 1.165) is 0 Å². The Balaban J connectivity index is -0.000000105. The summed E-state index contributed by atoms with van der Waals surface area (Å²) in [5.41, 5.74) is 14.6. The molecule has 0 spiro atoms. The molecule has 0 heterocycles. The highest BCUT2D eigenvalue weighted by atomic mass is 31.2. The van der Waals surface area contributed by atoms with Crippen LogP contribution in [-0.2, 0) is 4.57 Å². The second kappa shape index (κ2) is 20.3. The molecule has 0 saturated carbocycles. The van der Waals surface area contributed by atoms with E-state index in [-0.39, 0.29) is 19.8 Å². The minimum absolute atomic E-state index is 0.253. The molecule has 0 aromatic carbocycles. The summed E-state index contributed by atoms with van der Waals surface area (Å²) in [6.45, 7) is -0.760. The Kier molecular flexibility index (Phi) is 26.0. The lowest BCUT2D eigenvalue weighted by Gasteiger charge is -1.88. The molecular formula is C9H21N6O7P. The fourth-order valence-corrected chi connectivity index (χ4v) is 0.122. The molecule has 0 aromatic rings. The summed E-state index contributed by atoms with van der Waals surface area (Å²) in [6.07, 6.45) is 0. The van der Waals surface area contributed by atoms with Crippen LogP contribution in [0.15, 0.2) is 0 Å². The maximum absolute atomic E-state index is 8.88. The van der Waals surface area contributed by atoms with Crippen molar-refractivity contribution < 1.29 is 34.6 Å². The first kappa shape index (κ1) is 29.4. The van der Waals surface area contributed by atoms with Gasteiger partial charge in [-0.2, -0.15) is 15.8 Å². The van der Waals surface area contributed by atoms with Gasteiger partial charge in [0, 0.05) is 0 Å². The van der Waals surface area contributed by atoms with Gasteiger partial charge in [-0.1, -0.05) is 0 Å². The highest BCUT2D eigenvalue weighted by Crippen LogP contribution is 2.25. The van der Waals surface area contributed by atoms with Crippen LogP contribution < -0.4 is 17.2 Å². The molecule has 0 radical (unpaired) electrons. The van der Waals surface area contributed by atoms with Crippen molar-refractivity contribution in [3.63, 3.8) is 0 Å². The minimum atomic E-state index is -4.64. The maximum atomic E-state index is 8.88. The van der Waals surface area contributed by atoms with Gasteiger partial charge < -0.3 is 47.2 Å². The van der Waals surface area contributed by atoms with Gasteiger partial charge in [0.1, 0.15) is 18.1 Å². The van der Waals surface area contributed by atoms with Crippen LogP contribution in [0.2, 0.25) is 0 Å². The van der Waals surface area contributed by atoms with Crippen molar-refractivity contribution in [2.24, 2.45) is 17.2 Å². The number of rotatable bonds is 3. The average Bonchev–Trinajstić information content (AvgIpc) is 2.51. The first-order chi connectivity index (χ1) is 10.4. The molecule has 0 amide bonds. The van der Waals surface area contributed by atoms with Crippen molar-refractivity contribution in [2.45, 2.75) is 18.1 Å². The van der Waals surface area contributed by atoms with Gasteiger partial charge in [-0.05, 0) is 0 Å². The summed E-state index contributed by atoms with van der Waals surface area (Å²) >= 11 is 0. The Hall–Kier alpha value is -1.66. The van der Waals surface area contributed by atoms with Gasteiger partial charge in [0.15, 0.2) is 0 Å². The smallest absolute Gasteiger partial charge is 0.394 e. The van der Waals surface area contributed by atoms with Crippen molar-refractivity contribution in [1.29, 1.82) is 15.8 Å². The Morgan fingerprint density at radius 3 is 0.870 bits per heavy atom. The number of nitrogens with zero attached hydrogens (tertiary/aromatic N) is 3. The van der Waals surface area contributed by atoms with Crippen LogP contribution in [0.4, 0.5) is 0 Å². The summed E-state index contributed by atoms with van der Waals surface area (Å²) in [5.74, 6) is 0. The average molecular weight is 356 g/mol. The molecule has 0 saturated heterocycles. The fourth-order valence-electron chi connectivity index (χ4n) is 0.122. The van der Waals surface area contributed by atoms with Gasteiger partial charge >= 0.3 is 7.82 Å². The van der Waals surface area contributed by atoms with E-state index in [1.165, 1.54) is 0 Å². The lowest BCUT2D eigenvalue weighted by atomic mass is 10.4. The molecule has 3 atom stereocenters. The van der Waals surface area contributed by atoms with Crippen LogP contribution in [0, 0.1) is 34.0 Å². The van der Waals surface area contributed by atoms with Gasteiger partial charge in [-0.3, -0.25) is 0 Å². The molecule has 0 bridgehead atoms. The van der Waals surface area contributed by atoms with E-state index in [1.807, 2.05) is 0 Å². The molecule has 23 heavy (non-hydrogen) atoms. The predicted octanol–water partition coefficient (Wildman–Crippen LogP) is -4.44. The number of nitriles is 3. The molecule has 0 aliphatic heterocycles. The van der Waals surface area contributed by atoms with Crippen LogP contribution in [-0.4, -0.2) is 67.9 Å². The van der Waals surface area contributed by atoms with E-state index in [0.29, 0.717) is 0 Å². The van der Waals surface area contributed by atoms with E-state index in [1.54, 1.807) is 18.2 Å². The first-order valence-electron chi connectivity index (χ1n) is 5.49. The van der Waals surface area contributed by atoms with E-state index in [2.05, 4.69) is 0 Å². The molecule has 0 aliphatic carbocycles. The molecule has 0 aromatic heterocycles. The standard InChI is InChI=1S/3C3H6N2O.H3O4P/c3*4-1-3(5)2-6;1-5(2,3)4/h3*3,6H,2,5H2;(H3,1,2,3,4). The molecule has 0 rings (SSSR count). The minimum Gasteiger partial charge on any atom is -0.394 e. The fraction of sp³-hybridized carbons (Fsp3) is 0.667. The van der Waals surface area contributed by atoms with Crippen molar-refractivity contribution in [3.05, 3.63) is 0 Å². The van der Waals surface area contributed by atoms with Crippen LogP contribution in [0.5, 0.6) is 0 Å². The topological polar surface area (TPSA) is 288 Å². The van der Waals surface area contributed by atoms with E-state index in [9.17, 15) is 0 Å². The Labute approximate surface area is 132 Å². The maximum Gasteiger partial charge on any atom is 0.466 e. The zero-order valence-electron chi connectivity index (χ0n) is 12.0. The lowest BCUT2D eigenvalue weighted by Crippen LogP contribution is -2.21. The number of hydrogen-bond acceptors (Lipinski definition) is 10. The number of nitrogens with two attached hydrogens (primary N) is 3. The monoisotopic (exact) mass is 356 g/mol. The van der Waals surface area contributed by atoms with Crippen LogP contribution in [0.25, 0.3) is 0 Å². The summed E-state index contributed by atoms with van der Waals surface area (Å²) < 4.78 is 8.88. The second-order valence-electron chi connectivity index (χ2n) is 3.27. The zero-order valence-corrected chi connectivity index (χ0v) is 12.9. The number of aliphatic hydroxyl groups excluding tert-OH is 3. The number of aliphatic hydroxyl groups is 3. The van der Waals surface area contributed by atoms with Crippen molar-refractivity contribution in [1.82, 2.24) is 0 Å². The third-order valence-corrected chi connectivity index (χ3v) is 1.09. The summed E-state index contributed by atoms with van der Waals surface area (Å²) in [5, 5.41) is 47.4. The second-order valence-corrected chi connectivity index (χ2v) is 4.29. The van der Waals surface area contributed by atoms with E-state index < -0.39 is 25.9 Å². The van der Waals surface area contributed by atoms with Crippen LogP contribution >= 0.6 is 7.82 Å². The highest BCUT2D eigenvalue weighted by Gasteiger charge is 2.00. The zero-order chi connectivity index (χ0) is 19.5. The van der Waals surface area contributed by atoms with Gasteiger partial charge in [0.05, 0.1) is 38.0 Å². The summed E-state index contributed by atoms with van der Waals surface area (Å²) in [7, 11) is -4.64. The first-order valence-corrected chi connectivity index (χ1v) is 7.06. The normalized spacial score (nSPS) is 12.6. The Bertz CT molecular complexity index is 370. The molecule has 0 fully saturated rings. The van der Waals surface area contributed by atoms with E-state index in [4.69, 9.17) is 67.6 Å². The predicted molar refractivity (Wildman–Crippen MR) is 76.3 cm³/mol. The Morgan fingerprint density at radius 2 is 0.870 bits per heavy atom. The molecule has 14 heteroatoms. The number of hydrogen-bond donors (Lipinski definition) is 9. The molecule has 3 unspecified atom stereocenters.